The highest BCUT2D eigenvalue weighted by Crippen LogP contribution is 2.23. The molecule has 6 nitrogen and oxygen atoms in total. The number of alkyl carbamates (subject to hydrolysis) is 1. The summed E-state index contributed by atoms with van der Waals surface area (Å²) in [7, 11) is 0. The number of aryl methyl sites for hydroxylation is 1. The van der Waals surface area contributed by atoms with E-state index in [1.54, 1.807) is 16.9 Å². The molecule has 0 radical (unpaired) electrons. The van der Waals surface area contributed by atoms with E-state index < -0.39 is 11.7 Å². The molecule has 1 aromatic heterocycles. The smallest absolute Gasteiger partial charge is 0.407 e. The van der Waals surface area contributed by atoms with Gasteiger partial charge in [-0.2, -0.15) is 10.4 Å². The van der Waals surface area contributed by atoms with Crippen LogP contribution >= 0.6 is 0 Å². The second-order valence-electron chi connectivity index (χ2n) is 6.56. The summed E-state index contributed by atoms with van der Waals surface area (Å²) >= 11 is 0. The van der Waals surface area contributed by atoms with E-state index in [2.05, 4.69) is 16.5 Å². The third-order valence-electron chi connectivity index (χ3n) is 3.32. The van der Waals surface area contributed by atoms with Gasteiger partial charge in [0.05, 0.1) is 24.4 Å². The van der Waals surface area contributed by atoms with Gasteiger partial charge in [-0.15, -0.1) is 0 Å². The third kappa shape index (κ3) is 4.85. The predicted molar refractivity (Wildman–Crippen MR) is 91.4 cm³/mol. The van der Waals surface area contributed by atoms with Gasteiger partial charge in [-0.3, -0.25) is 4.68 Å². The number of hydrogen-bond acceptors (Lipinski definition) is 4. The van der Waals surface area contributed by atoms with Gasteiger partial charge in [-0.05, 0) is 51.0 Å². The summed E-state index contributed by atoms with van der Waals surface area (Å²) in [5.41, 5.74) is 3.13. The molecule has 24 heavy (non-hydrogen) atoms. The predicted octanol–water partition coefficient (Wildman–Crippen LogP) is 3.25. The fraction of sp³-hybridized carbons (Fsp3) is 0.389. The summed E-state index contributed by atoms with van der Waals surface area (Å²) in [5.74, 6) is 0. The zero-order valence-electron chi connectivity index (χ0n) is 14.5. The van der Waals surface area contributed by atoms with Gasteiger partial charge < -0.3 is 10.1 Å². The fourth-order valence-electron chi connectivity index (χ4n) is 2.21. The lowest BCUT2D eigenvalue weighted by molar-refractivity contribution is 0.0525. The van der Waals surface area contributed by atoms with E-state index in [1.165, 1.54) is 0 Å². The molecule has 0 atom stereocenters. The van der Waals surface area contributed by atoms with Crippen molar-refractivity contribution < 1.29 is 9.53 Å². The molecule has 1 amide bonds. The topological polar surface area (TPSA) is 79.9 Å². The summed E-state index contributed by atoms with van der Waals surface area (Å²) < 4.78 is 6.94. The molecule has 2 rings (SSSR count). The molecule has 126 valence electrons. The molecule has 2 aromatic rings. The number of hydrogen-bond donors (Lipinski definition) is 1. The van der Waals surface area contributed by atoms with E-state index in [4.69, 9.17) is 10.00 Å². The summed E-state index contributed by atoms with van der Waals surface area (Å²) in [5, 5.41) is 16.0. The van der Waals surface area contributed by atoms with Gasteiger partial charge in [-0.25, -0.2) is 4.79 Å². The second kappa shape index (κ2) is 7.18. The molecule has 0 saturated carbocycles. The van der Waals surface area contributed by atoms with Gasteiger partial charge >= 0.3 is 6.09 Å². The van der Waals surface area contributed by atoms with Crippen LogP contribution in [0.5, 0.6) is 0 Å². The first-order chi connectivity index (χ1) is 11.3. The number of aromatic nitrogens is 2. The highest BCUT2D eigenvalue weighted by Gasteiger charge is 2.15. The number of rotatable bonds is 4. The van der Waals surface area contributed by atoms with Crippen LogP contribution in [0.25, 0.3) is 11.1 Å². The molecule has 1 aromatic carbocycles. The number of nitrogens with one attached hydrogen (secondary N) is 1. The van der Waals surface area contributed by atoms with Crippen LogP contribution in [0.2, 0.25) is 0 Å². The number of nitriles is 1. The van der Waals surface area contributed by atoms with E-state index in [9.17, 15) is 4.79 Å². The van der Waals surface area contributed by atoms with Crippen LogP contribution in [0, 0.1) is 18.3 Å². The molecule has 1 heterocycles. The van der Waals surface area contributed by atoms with Crippen LogP contribution < -0.4 is 5.32 Å². The average Bonchev–Trinajstić information content (AvgIpc) is 2.94. The normalized spacial score (nSPS) is 11.0. The van der Waals surface area contributed by atoms with Crippen molar-refractivity contribution in [3.8, 4) is 17.2 Å². The van der Waals surface area contributed by atoms with Crippen LogP contribution in [0.3, 0.4) is 0 Å². The van der Waals surface area contributed by atoms with Crippen molar-refractivity contribution >= 4 is 6.09 Å². The molecule has 0 fully saturated rings. The molecule has 0 unspecified atom stereocenters. The Bertz CT molecular complexity index is 766. The molecule has 0 saturated heterocycles. The molecule has 0 spiro atoms. The van der Waals surface area contributed by atoms with E-state index in [-0.39, 0.29) is 0 Å². The quantitative estimate of drug-likeness (QED) is 0.935. The number of carbonyl (C=O) groups excluding carboxylic acids is 1. The molecule has 6 heteroatoms. The van der Waals surface area contributed by atoms with E-state index in [0.29, 0.717) is 18.7 Å². The summed E-state index contributed by atoms with van der Waals surface area (Å²) in [6, 6.07) is 7.73. The maximum absolute atomic E-state index is 11.6. The third-order valence-corrected chi connectivity index (χ3v) is 3.32. The average molecular weight is 326 g/mol. The standard InChI is InChI=1S/C18H22N4O2/c1-13-5-6-14(10-19)9-16(13)15-11-21-22(12-15)8-7-20-17(23)24-18(2,3)4/h5-6,9,11-12H,7-8H2,1-4H3,(H,20,23). The highest BCUT2D eigenvalue weighted by molar-refractivity contribution is 5.68. The van der Waals surface area contributed by atoms with Crippen molar-refractivity contribution in [2.24, 2.45) is 0 Å². The lowest BCUT2D eigenvalue weighted by atomic mass is 10.0. The maximum Gasteiger partial charge on any atom is 0.407 e. The Balaban J connectivity index is 1.97. The van der Waals surface area contributed by atoms with E-state index in [1.807, 2.05) is 46.0 Å². The van der Waals surface area contributed by atoms with Crippen molar-refractivity contribution in [2.45, 2.75) is 39.8 Å². The van der Waals surface area contributed by atoms with Crippen molar-refractivity contribution in [1.29, 1.82) is 5.26 Å². The number of benzene rings is 1. The zero-order chi connectivity index (χ0) is 17.7. The molecule has 0 aliphatic heterocycles. The SMILES string of the molecule is Cc1ccc(C#N)cc1-c1cnn(CCNC(=O)OC(C)(C)C)c1. The Kier molecular flexibility index (Phi) is 5.24. The summed E-state index contributed by atoms with van der Waals surface area (Å²) in [6.07, 6.45) is 3.23. The Morgan fingerprint density at radius 3 is 2.83 bits per heavy atom. The summed E-state index contributed by atoms with van der Waals surface area (Å²) in [6.45, 7) is 8.43. The minimum atomic E-state index is -0.508. The highest BCUT2D eigenvalue weighted by atomic mass is 16.6. The molecule has 0 aliphatic rings. The van der Waals surface area contributed by atoms with Crippen molar-refractivity contribution in [3.63, 3.8) is 0 Å². The van der Waals surface area contributed by atoms with Crippen LogP contribution in [-0.2, 0) is 11.3 Å². The minimum absolute atomic E-state index is 0.424. The van der Waals surface area contributed by atoms with E-state index in [0.717, 1.165) is 16.7 Å². The van der Waals surface area contributed by atoms with Gasteiger partial charge in [0.1, 0.15) is 5.60 Å². The molecule has 0 bridgehead atoms. The maximum atomic E-state index is 11.6. The van der Waals surface area contributed by atoms with E-state index >= 15 is 0 Å². The van der Waals surface area contributed by atoms with Crippen LogP contribution in [-0.4, -0.2) is 28.0 Å². The van der Waals surface area contributed by atoms with Crippen LogP contribution in [0.4, 0.5) is 4.79 Å². The largest absolute Gasteiger partial charge is 0.444 e. The molecular weight excluding hydrogens is 304 g/mol. The molecule has 1 N–H and O–H groups in total. The molecule has 0 aliphatic carbocycles. The van der Waals surface area contributed by atoms with Gasteiger partial charge in [0, 0.05) is 18.3 Å². The number of ether oxygens (including phenoxy) is 1. The van der Waals surface area contributed by atoms with Gasteiger partial charge in [0.25, 0.3) is 0 Å². The van der Waals surface area contributed by atoms with Gasteiger partial charge in [0.15, 0.2) is 0 Å². The van der Waals surface area contributed by atoms with Gasteiger partial charge in [-0.1, -0.05) is 6.07 Å². The Morgan fingerprint density at radius 2 is 2.17 bits per heavy atom. The first-order valence-corrected chi connectivity index (χ1v) is 7.79. The zero-order valence-corrected chi connectivity index (χ0v) is 14.5. The minimum Gasteiger partial charge on any atom is -0.444 e. The van der Waals surface area contributed by atoms with Gasteiger partial charge in [0.2, 0.25) is 0 Å². The Labute approximate surface area is 142 Å². The fourth-order valence-corrected chi connectivity index (χ4v) is 2.21. The Morgan fingerprint density at radius 1 is 1.42 bits per heavy atom. The lowest BCUT2D eigenvalue weighted by Crippen LogP contribution is -2.34. The first kappa shape index (κ1) is 17.5. The first-order valence-electron chi connectivity index (χ1n) is 7.79. The van der Waals surface area contributed by atoms with Crippen LogP contribution in [0.15, 0.2) is 30.6 Å². The van der Waals surface area contributed by atoms with Crippen molar-refractivity contribution in [3.05, 3.63) is 41.7 Å². The Hall–Kier alpha value is -2.81. The number of nitrogens with zero attached hydrogens (tertiary/aromatic N) is 3. The molecular formula is C18H22N4O2. The number of amides is 1. The lowest BCUT2D eigenvalue weighted by Gasteiger charge is -2.19. The second-order valence-corrected chi connectivity index (χ2v) is 6.56. The van der Waals surface area contributed by atoms with Crippen molar-refractivity contribution in [2.75, 3.05) is 6.54 Å². The monoisotopic (exact) mass is 326 g/mol. The number of carbonyl (C=O) groups is 1. The van der Waals surface area contributed by atoms with Crippen molar-refractivity contribution in [1.82, 2.24) is 15.1 Å². The summed E-state index contributed by atoms with van der Waals surface area (Å²) in [4.78, 5) is 11.6. The van der Waals surface area contributed by atoms with Crippen LogP contribution in [0.1, 0.15) is 31.9 Å².